The lowest BCUT2D eigenvalue weighted by atomic mass is 10.1. The quantitative estimate of drug-likeness (QED) is 0.896. The van der Waals surface area contributed by atoms with E-state index in [9.17, 15) is 0 Å². The van der Waals surface area contributed by atoms with E-state index >= 15 is 0 Å². The van der Waals surface area contributed by atoms with Crippen LogP contribution in [0.25, 0.3) is 5.82 Å². The van der Waals surface area contributed by atoms with Gasteiger partial charge < -0.3 is 5.32 Å². The summed E-state index contributed by atoms with van der Waals surface area (Å²) in [6, 6.07) is 5.84. The number of nitrogens with zero attached hydrogens (tertiary/aromatic N) is 4. The fourth-order valence-electron chi connectivity index (χ4n) is 1.47. The Balaban J connectivity index is 2.06. The second-order valence-corrected chi connectivity index (χ2v) is 5.39. The minimum Gasteiger partial charge on any atom is -0.306 e. The first-order valence-corrected chi connectivity index (χ1v) is 6.04. The van der Waals surface area contributed by atoms with Gasteiger partial charge in [-0.1, -0.05) is 0 Å². The molecule has 18 heavy (non-hydrogen) atoms. The fraction of sp³-hybridized carbons (Fsp3) is 0.462. The van der Waals surface area contributed by atoms with E-state index in [4.69, 9.17) is 0 Å². The van der Waals surface area contributed by atoms with Crippen molar-refractivity contribution in [3.05, 3.63) is 35.8 Å². The third-order valence-corrected chi connectivity index (χ3v) is 2.46. The lowest BCUT2D eigenvalue weighted by Crippen LogP contribution is -2.35. The van der Waals surface area contributed by atoms with E-state index < -0.39 is 0 Å². The molecule has 96 valence electrons. The van der Waals surface area contributed by atoms with Crippen molar-refractivity contribution in [1.29, 1.82) is 0 Å². The van der Waals surface area contributed by atoms with Gasteiger partial charge in [0.15, 0.2) is 5.82 Å². The molecule has 2 heterocycles. The van der Waals surface area contributed by atoms with E-state index in [0.717, 1.165) is 23.8 Å². The van der Waals surface area contributed by atoms with Crippen molar-refractivity contribution in [3.8, 4) is 5.82 Å². The molecule has 0 aliphatic carbocycles. The van der Waals surface area contributed by atoms with Crippen molar-refractivity contribution in [1.82, 2.24) is 25.3 Å². The van der Waals surface area contributed by atoms with E-state index in [1.165, 1.54) is 0 Å². The Hall–Kier alpha value is -1.75. The predicted octanol–water partition coefficient (Wildman–Crippen LogP) is 1.86. The molecule has 5 nitrogen and oxygen atoms in total. The van der Waals surface area contributed by atoms with Crippen LogP contribution in [-0.4, -0.2) is 25.5 Å². The molecular formula is C13H19N5. The smallest absolute Gasteiger partial charge is 0.175 e. The van der Waals surface area contributed by atoms with Crippen LogP contribution in [0.15, 0.2) is 24.4 Å². The van der Waals surface area contributed by atoms with E-state index in [-0.39, 0.29) is 5.54 Å². The maximum Gasteiger partial charge on any atom is 0.175 e. The SMILES string of the molecule is Cc1ccn(-c2ccc(CNC(C)(C)C)nn2)n1. The minimum atomic E-state index is 0.0828. The van der Waals surface area contributed by atoms with Gasteiger partial charge in [0.05, 0.1) is 11.4 Å². The molecule has 0 aliphatic heterocycles. The van der Waals surface area contributed by atoms with Crippen LogP contribution < -0.4 is 5.32 Å². The van der Waals surface area contributed by atoms with Crippen molar-refractivity contribution in [3.63, 3.8) is 0 Å². The van der Waals surface area contributed by atoms with E-state index in [1.807, 2.05) is 31.3 Å². The zero-order valence-electron chi connectivity index (χ0n) is 11.3. The van der Waals surface area contributed by atoms with Gasteiger partial charge in [-0.05, 0) is 45.9 Å². The van der Waals surface area contributed by atoms with Gasteiger partial charge >= 0.3 is 0 Å². The second-order valence-electron chi connectivity index (χ2n) is 5.39. The molecule has 0 atom stereocenters. The molecule has 2 aromatic rings. The van der Waals surface area contributed by atoms with Gasteiger partial charge in [-0.15, -0.1) is 5.10 Å². The maximum atomic E-state index is 4.29. The van der Waals surface area contributed by atoms with Crippen molar-refractivity contribution >= 4 is 0 Å². The van der Waals surface area contributed by atoms with Crippen molar-refractivity contribution < 1.29 is 0 Å². The van der Waals surface area contributed by atoms with Crippen LogP contribution in [0.4, 0.5) is 0 Å². The van der Waals surface area contributed by atoms with Gasteiger partial charge in [-0.3, -0.25) is 0 Å². The highest BCUT2D eigenvalue weighted by molar-refractivity contribution is 5.21. The van der Waals surface area contributed by atoms with Gasteiger partial charge in [0.2, 0.25) is 0 Å². The largest absolute Gasteiger partial charge is 0.306 e. The summed E-state index contributed by atoms with van der Waals surface area (Å²) in [6.07, 6.45) is 1.88. The van der Waals surface area contributed by atoms with Gasteiger partial charge in [0, 0.05) is 18.3 Å². The summed E-state index contributed by atoms with van der Waals surface area (Å²) in [5.74, 6) is 0.739. The Morgan fingerprint density at radius 1 is 1.17 bits per heavy atom. The van der Waals surface area contributed by atoms with Crippen molar-refractivity contribution in [2.24, 2.45) is 0 Å². The molecule has 0 radical (unpaired) electrons. The Kier molecular flexibility index (Phi) is 3.43. The summed E-state index contributed by atoms with van der Waals surface area (Å²) in [5.41, 5.74) is 1.98. The number of hydrogen-bond donors (Lipinski definition) is 1. The van der Waals surface area contributed by atoms with Crippen LogP contribution in [0.1, 0.15) is 32.2 Å². The highest BCUT2D eigenvalue weighted by atomic mass is 15.3. The first-order valence-electron chi connectivity index (χ1n) is 6.04. The monoisotopic (exact) mass is 245 g/mol. The topological polar surface area (TPSA) is 55.6 Å². The lowest BCUT2D eigenvalue weighted by Gasteiger charge is -2.19. The van der Waals surface area contributed by atoms with Crippen LogP contribution >= 0.6 is 0 Å². The average Bonchev–Trinajstić information content (AvgIpc) is 2.73. The predicted molar refractivity (Wildman–Crippen MR) is 70.5 cm³/mol. The van der Waals surface area contributed by atoms with Crippen LogP contribution in [0.5, 0.6) is 0 Å². The molecular weight excluding hydrogens is 226 g/mol. The number of nitrogens with one attached hydrogen (secondary N) is 1. The third-order valence-electron chi connectivity index (χ3n) is 2.46. The molecule has 1 N–H and O–H groups in total. The van der Waals surface area contributed by atoms with Gasteiger partial charge in [0.25, 0.3) is 0 Å². The number of rotatable bonds is 3. The normalized spacial score (nSPS) is 11.8. The number of aromatic nitrogens is 4. The molecule has 0 aliphatic rings. The van der Waals surface area contributed by atoms with Gasteiger partial charge in [0.1, 0.15) is 0 Å². The average molecular weight is 245 g/mol. The van der Waals surface area contributed by atoms with Crippen LogP contribution in [0.2, 0.25) is 0 Å². The molecule has 0 saturated heterocycles. The summed E-state index contributed by atoms with van der Waals surface area (Å²) < 4.78 is 1.73. The first kappa shape index (κ1) is 12.7. The molecule has 0 aromatic carbocycles. The highest BCUT2D eigenvalue weighted by Crippen LogP contribution is 2.05. The Bertz CT molecular complexity index is 507. The summed E-state index contributed by atoms with van der Waals surface area (Å²) in [4.78, 5) is 0. The van der Waals surface area contributed by atoms with Crippen LogP contribution in [-0.2, 0) is 6.54 Å². The van der Waals surface area contributed by atoms with E-state index in [2.05, 4.69) is 41.4 Å². The van der Waals surface area contributed by atoms with Crippen LogP contribution in [0.3, 0.4) is 0 Å². The molecule has 2 rings (SSSR count). The molecule has 0 bridgehead atoms. The molecule has 0 saturated carbocycles. The highest BCUT2D eigenvalue weighted by Gasteiger charge is 2.09. The van der Waals surface area contributed by atoms with E-state index in [1.54, 1.807) is 4.68 Å². The Morgan fingerprint density at radius 3 is 2.44 bits per heavy atom. The van der Waals surface area contributed by atoms with Crippen LogP contribution in [0, 0.1) is 6.92 Å². The Morgan fingerprint density at radius 2 is 1.94 bits per heavy atom. The summed E-state index contributed by atoms with van der Waals surface area (Å²) in [6.45, 7) is 9.05. The summed E-state index contributed by atoms with van der Waals surface area (Å²) >= 11 is 0. The third kappa shape index (κ3) is 3.37. The molecule has 2 aromatic heterocycles. The fourth-order valence-corrected chi connectivity index (χ4v) is 1.47. The standard InChI is InChI=1S/C13H19N5/c1-10-7-8-18(17-10)12-6-5-11(15-16-12)9-14-13(2,3)4/h5-8,14H,9H2,1-4H3. The second kappa shape index (κ2) is 4.86. The summed E-state index contributed by atoms with van der Waals surface area (Å²) in [7, 11) is 0. The van der Waals surface area contributed by atoms with Gasteiger partial charge in [-0.25, -0.2) is 4.68 Å². The molecule has 0 unspecified atom stereocenters. The first-order chi connectivity index (χ1) is 8.44. The number of aryl methyl sites for hydroxylation is 1. The molecule has 0 spiro atoms. The maximum absolute atomic E-state index is 4.29. The molecule has 0 amide bonds. The van der Waals surface area contributed by atoms with Crippen molar-refractivity contribution in [2.45, 2.75) is 39.8 Å². The summed E-state index contributed by atoms with van der Waals surface area (Å²) in [5, 5.41) is 16.0. The lowest BCUT2D eigenvalue weighted by molar-refractivity contribution is 0.420. The zero-order chi connectivity index (χ0) is 13.2. The van der Waals surface area contributed by atoms with Gasteiger partial charge in [-0.2, -0.15) is 10.2 Å². The molecule has 5 heteroatoms. The minimum absolute atomic E-state index is 0.0828. The number of hydrogen-bond acceptors (Lipinski definition) is 4. The van der Waals surface area contributed by atoms with Crippen molar-refractivity contribution in [2.75, 3.05) is 0 Å². The van der Waals surface area contributed by atoms with E-state index in [0.29, 0.717) is 0 Å². The Labute approximate surface area is 107 Å². The zero-order valence-corrected chi connectivity index (χ0v) is 11.3. The molecule has 0 fully saturated rings.